The van der Waals surface area contributed by atoms with Crippen molar-refractivity contribution in [3.63, 3.8) is 0 Å². The van der Waals surface area contributed by atoms with Crippen molar-refractivity contribution in [1.82, 2.24) is 0 Å². The van der Waals surface area contributed by atoms with Crippen molar-refractivity contribution in [3.8, 4) is 5.75 Å². The van der Waals surface area contributed by atoms with Gasteiger partial charge in [0.25, 0.3) is 0 Å². The summed E-state index contributed by atoms with van der Waals surface area (Å²) in [6.07, 6.45) is 0. The van der Waals surface area contributed by atoms with Crippen LogP contribution in [0.5, 0.6) is 5.75 Å². The number of aryl methyl sites for hydroxylation is 1. The molecular formula is C9H12FNO. The third-order valence-electron chi connectivity index (χ3n) is 1.59. The summed E-state index contributed by atoms with van der Waals surface area (Å²) in [5, 5.41) is 0. The molecule has 12 heavy (non-hydrogen) atoms. The quantitative estimate of drug-likeness (QED) is 0.701. The van der Waals surface area contributed by atoms with Crippen LogP contribution in [0.3, 0.4) is 0 Å². The lowest BCUT2D eigenvalue weighted by Crippen LogP contribution is -1.99. The molecule has 0 aliphatic heterocycles. The Balaban J connectivity index is 2.69. The van der Waals surface area contributed by atoms with Gasteiger partial charge in [0.2, 0.25) is 0 Å². The molecule has 0 aliphatic carbocycles. The third kappa shape index (κ3) is 2.12. The number of anilines is 1. The first kappa shape index (κ1) is 8.84. The summed E-state index contributed by atoms with van der Waals surface area (Å²) in [4.78, 5) is 0. The van der Waals surface area contributed by atoms with Gasteiger partial charge in [-0.3, -0.25) is 0 Å². The maximum absolute atomic E-state index is 11.7. The first-order valence-corrected chi connectivity index (χ1v) is 3.79. The molecule has 0 saturated carbocycles. The standard InChI is InChI=1S/C9H12FNO/c1-7-6-8(12-5-4-10)2-3-9(7)11/h2-3,6H,4-5,11H2,1H3. The number of ether oxygens (including phenoxy) is 1. The fourth-order valence-corrected chi connectivity index (χ4v) is 0.894. The third-order valence-corrected chi connectivity index (χ3v) is 1.59. The smallest absolute Gasteiger partial charge is 0.123 e. The Bertz CT molecular complexity index is 263. The fourth-order valence-electron chi connectivity index (χ4n) is 0.894. The fraction of sp³-hybridized carbons (Fsp3) is 0.333. The molecule has 0 aromatic heterocycles. The van der Waals surface area contributed by atoms with E-state index in [4.69, 9.17) is 10.5 Å². The molecule has 0 saturated heterocycles. The molecule has 1 aromatic rings. The van der Waals surface area contributed by atoms with E-state index >= 15 is 0 Å². The van der Waals surface area contributed by atoms with E-state index in [1.165, 1.54) is 0 Å². The molecule has 0 radical (unpaired) electrons. The van der Waals surface area contributed by atoms with Crippen LogP contribution in [0.25, 0.3) is 0 Å². The summed E-state index contributed by atoms with van der Waals surface area (Å²) in [5.74, 6) is 0.666. The molecule has 1 rings (SSSR count). The van der Waals surface area contributed by atoms with Crippen LogP contribution in [-0.2, 0) is 0 Å². The minimum atomic E-state index is -0.469. The number of rotatable bonds is 3. The number of benzene rings is 1. The molecule has 0 heterocycles. The van der Waals surface area contributed by atoms with E-state index in [0.717, 1.165) is 11.3 Å². The zero-order valence-electron chi connectivity index (χ0n) is 7.01. The predicted molar refractivity (Wildman–Crippen MR) is 47.1 cm³/mol. The monoisotopic (exact) mass is 169 g/mol. The van der Waals surface area contributed by atoms with Crippen molar-refractivity contribution in [2.45, 2.75) is 6.92 Å². The van der Waals surface area contributed by atoms with Crippen LogP contribution in [0, 0.1) is 6.92 Å². The zero-order valence-corrected chi connectivity index (χ0v) is 7.01. The van der Waals surface area contributed by atoms with Gasteiger partial charge in [-0.1, -0.05) is 0 Å². The SMILES string of the molecule is Cc1cc(OCCF)ccc1N. The molecule has 0 aliphatic rings. The largest absolute Gasteiger partial charge is 0.491 e. The summed E-state index contributed by atoms with van der Waals surface area (Å²) in [6, 6.07) is 5.28. The number of alkyl halides is 1. The Morgan fingerprint density at radius 3 is 2.83 bits per heavy atom. The molecule has 1 aromatic carbocycles. The highest BCUT2D eigenvalue weighted by molar-refractivity contribution is 5.49. The van der Waals surface area contributed by atoms with E-state index in [-0.39, 0.29) is 6.61 Å². The lowest BCUT2D eigenvalue weighted by atomic mass is 10.2. The Morgan fingerprint density at radius 1 is 1.50 bits per heavy atom. The van der Waals surface area contributed by atoms with Gasteiger partial charge in [-0.2, -0.15) is 0 Å². The number of nitrogens with two attached hydrogens (primary N) is 1. The second-order valence-corrected chi connectivity index (χ2v) is 2.56. The molecule has 0 bridgehead atoms. The molecule has 2 N–H and O–H groups in total. The van der Waals surface area contributed by atoms with Gasteiger partial charge in [0, 0.05) is 5.69 Å². The van der Waals surface area contributed by atoms with Crippen molar-refractivity contribution in [2.75, 3.05) is 19.0 Å². The van der Waals surface area contributed by atoms with Crippen molar-refractivity contribution < 1.29 is 9.13 Å². The average molecular weight is 169 g/mol. The molecular weight excluding hydrogens is 157 g/mol. The van der Waals surface area contributed by atoms with Crippen molar-refractivity contribution in [1.29, 1.82) is 0 Å². The van der Waals surface area contributed by atoms with Gasteiger partial charge in [-0.05, 0) is 30.7 Å². The highest BCUT2D eigenvalue weighted by Gasteiger charge is 1.96. The van der Waals surface area contributed by atoms with Crippen molar-refractivity contribution >= 4 is 5.69 Å². The maximum atomic E-state index is 11.7. The van der Waals surface area contributed by atoms with Crippen LogP contribution < -0.4 is 10.5 Å². The van der Waals surface area contributed by atoms with Crippen molar-refractivity contribution in [3.05, 3.63) is 23.8 Å². The Morgan fingerprint density at radius 2 is 2.25 bits per heavy atom. The lowest BCUT2D eigenvalue weighted by molar-refractivity contribution is 0.273. The number of halogens is 1. The summed E-state index contributed by atoms with van der Waals surface area (Å²) >= 11 is 0. The first-order chi connectivity index (χ1) is 5.74. The number of hydrogen-bond acceptors (Lipinski definition) is 2. The second kappa shape index (κ2) is 3.95. The van der Waals surface area contributed by atoms with Crippen LogP contribution in [0.15, 0.2) is 18.2 Å². The number of hydrogen-bond donors (Lipinski definition) is 1. The topological polar surface area (TPSA) is 35.2 Å². The van der Waals surface area contributed by atoms with E-state index < -0.39 is 6.67 Å². The zero-order chi connectivity index (χ0) is 8.97. The highest BCUT2D eigenvalue weighted by atomic mass is 19.1. The summed E-state index contributed by atoms with van der Waals surface area (Å²) < 4.78 is 16.8. The predicted octanol–water partition coefficient (Wildman–Crippen LogP) is 1.93. The summed E-state index contributed by atoms with van der Waals surface area (Å²) in [5.41, 5.74) is 7.26. The van der Waals surface area contributed by atoms with Crippen LogP contribution in [0.2, 0.25) is 0 Å². The Kier molecular flexibility index (Phi) is 2.91. The molecule has 0 atom stereocenters. The van der Waals surface area contributed by atoms with E-state index in [2.05, 4.69) is 0 Å². The Labute approximate surface area is 71.1 Å². The normalized spacial score (nSPS) is 9.83. The minimum Gasteiger partial charge on any atom is -0.491 e. The van der Waals surface area contributed by atoms with Crippen molar-refractivity contribution in [2.24, 2.45) is 0 Å². The van der Waals surface area contributed by atoms with Gasteiger partial charge in [0.15, 0.2) is 0 Å². The first-order valence-electron chi connectivity index (χ1n) is 3.79. The molecule has 0 spiro atoms. The summed E-state index contributed by atoms with van der Waals surface area (Å²) in [6.45, 7) is 1.52. The lowest BCUT2D eigenvalue weighted by Gasteiger charge is -2.05. The average Bonchev–Trinajstić information content (AvgIpc) is 2.07. The second-order valence-electron chi connectivity index (χ2n) is 2.56. The van der Waals surface area contributed by atoms with Gasteiger partial charge >= 0.3 is 0 Å². The van der Waals surface area contributed by atoms with E-state index in [1.807, 2.05) is 6.92 Å². The minimum absolute atomic E-state index is 0.101. The van der Waals surface area contributed by atoms with Gasteiger partial charge in [-0.25, -0.2) is 4.39 Å². The Hall–Kier alpha value is -1.25. The molecule has 0 amide bonds. The van der Waals surface area contributed by atoms with Gasteiger partial charge in [0.05, 0.1) is 0 Å². The molecule has 0 unspecified atom stereocenters. The van der Waals surface area contributed by atoms with Gasteiger partial charge in [0.1, 0.15) is 19.0 Å². The maximum Gasteiger partial charge on any atom is 0.123 e. The molecule has 3 heteroatoms. The van der Waals surface area contributed by atoms with Gasteiger partial charge in [-0.15, -0.1) is 0 Å². The molecule has 66 valence electrons. The van der Waals surface area contributed by atoms with E-state index in [9.17, 15) is 4.39 Å². The van der Waals surface area contributed by atoms with Crippen LogP contribution in [-0.4, -0.2) is 13.3 Å². The van der Waals surface area contributed by atoms with E-state index in [1.54, 1.807) is 18.2 Å². The van der Waals surface area contributed by atoms with E-state index in [0.29, 0.717) is 5.75 Å². The van der Waals surface area contributed by atoms with Crippen LogP contribution in [0.4, 0.5) is 10.1 Å². The summed E-state index contributed by atoms with van der Waals surface area (Å²) in [7, 11) is 0. The molecule has 2 nitrogen and oxygen atoms in total. The number of nitrogen functional groups attached to an aromatic ring is 1. The van der Waals surface area contributed by atoms with Crippen LogP contribution in [0.1, 0.15) is 5.56 Å². The van der Waals surface area contributed by atoms with Crippen LogP contribution >= 0.6 is 0 Å². The van der Waals surface area contributed by atoms with Gasteiger partial charge < -0.3 is 10.5 Å². The highest BCUT2D eigenvalue weighted by Crippen LogP contribution is 2.18. The molecule has 0 fully saturated rings.